The van der Waals surface area contributed by atoms with Crippen LogP contribution in [0.5, 0.6) is 0 Å². The number of nitriles is 1. The first-order valence-corrected chi connectivity index (χ1v) is 12.0. The smallest absolute Gasteiger partial charge is 0.236 e. The number of carbonyl (C=O) groups is 1. The Kier molecular flexibility index (Phi) is 7.19. The molecule has 178 valence electrons. The molecule has 3 heterocycles. The fourth-order valence-corrected chi connectivity index (χ4v) is 4.73. The largest absolute Gasteiger partial charge is 0.378 e. The molecule has 0 radical (unpaired) electrons. The van der Waals surface area contributed by atoms with Crippen molar-refractivity contribution in [2.24, 2.45) is 0 Å². The van der Waals surface area contributed by atoms with Crippen LogP contribution in [0.25, 0.3) is 5.69 Å². The molecule has 3 aromatic rings. The van der Waals surface area contributed by atoms with Crippen LogP contribution in [0.15, 0.2) is 29.4 Å². The first kappa shape index (κ1) is 23.8. The van der Waals surface area contributed by atoms with E-state index in [1.807, 2.05) is 25.3 Å². The van der Waals surface area contributed by atoms with Crippen molar-refractivity contribution in [3.8, 4) is 11.8 Å². The SMILES string of the molecule is CCn1c(SCC(=O)Nc2c(C#N)c(C)c(C)n2-c2ccc(F)cc2)nnc1N1CCOCC1. The maximum absolute atomic E-state index is 13.5. The average Bonchev–Trinajstić information content (AvgIpc) is 3.37. The molecule has 1 aromatic carbocycles. The van der Waals surface area contributed by atoms with Gasteiger partial charge in [-0.3, -0.25) is 13.9 Å². The van der Waals surface area contributed by atoms with Crippen LogP contribution in [0.1, 0.15) is 23.7 Å². The van der Waals surface area contributed by atoms with E-state index < -0.39 is 0 Å². The Morgan fingerprint density at radius 3 is 2.59 bits per heavy atom. The molecule has 11 heteroatoms. The molecule has 4 rings (SSSR count). The van der Waals surface area contributed by atoms with Gasteiger partial charge in [-0.05, 0) is 50.6 Å². The maximum Gasteiger partial charge on any atom is 0.236 e. The number of benzene rings is 1. The van der Waals surface area contributed by atoms with E-state index in [0.29, 0.717) is 42.0 Å². The van der Waals surface area contributed by atoms with Crippen molar-refractivity contribution in [3.05, 3.63) is 46.9 Å². The molecule has 1 saturated heterocycles. The summed E-state index contributed by atoms with van der Waals surface area (Å²) in [5, 5.41) is 21.9. The van der Waals surface area contributed by atoms with Crippen molar-refractivity contribution in [3.63, 3.8) is 0 Å². The van der Waals surface area contributed by atoms with Crippen molar-refractivity contribution < 1.29 is 13.9 Å². The van der Waals surface area contributed by atoms with Crippen molar-refractivity contribution in [1.82, 2.24) is 19.3 Å². The number of anilines is 2. The zero-order chi connectivity index (χ0) is 24.2. The van der Waals surface area contributed by atoms with Gasteiger partial charge in [0.15, 0.2) is 5.16 Å². The van der Waals surface area contributed by atoms with E-state index in [4.69, 9.17) is 4.74 Å². The fourth-order valence-electron chi connectivity index (χ4n) is 3.93. The first-order chi connectivity index (χ1) is 16.4. The van der Waals surface area contributed by atoms with Crippen LogP contribution in [-0.4, -0.2) is 57.3 Å². The number of rotatable bonds is 7. The summed E-state index contributed by atoms with van der Waals surface area (Å²) in [5.41, 5.74) is 2.60. The molecule has 0 bridgehead atoms. The predicted octanol–water partition coefficient (Wildman–Crippen LogP) is 3.28. The Hall–Kier alpha value is -3.36. The Balaban J connectivity index is 1.53. The minimum atomic E-state index is -0.357. The van der Waals surface area contributed by atoms with Crippen molar-refractivity contribution in [2.75, 3.05) is 42.3 Å². The molecule has 0 saturated carbocycles. The molecule has 1 aliphatic rings. The number of carbonyl (C=O) groups excluding carboxylic acids is 1. The minimum absolute atomic E-state index is 0.0960. The van der Waals surface area contributed by atoms with Gasteiger partial charge in [0.1, 0.15) is 17.7 Å². The van der Waals surface area contributed by atoms with Crippen LogP contribution in [0, 0.1) is 31.0 Å². The molecule has 34 heavy (non-hydrogen) atoms. The molecule has 9 nitrogen and oxygen atoms in total. The number of morpholine rings is 1. The summed E-state index contributed by atoms with van der Waals surface area (Å²) in [6.45, 7) is 9.17. The number of nitrogens with one attached hydrogen (secondary N) is 1. The molecule has 1 aliphatic heterocycles. The number of aromatic nitrogens is 4. The van der Waals surface area contributed by atoms with Crippen molar-refractivity contribution in [1.29, 1.82) is 5.26 Å². The fraction of sp³-hybridized carbons (Fsp3) is 0.391. The van der Waals surface area contributed by atoms with Gasteiger partial charge in [-0.25, -0.2) is 4.39 Å². The summed E-state index contributed by atoms with van der Waals surface area (Å²) in [6.07, 6.45) is 0. The number of hydrogen-bond donors (Lipinski definition) is 1. The molecule has 1 amide bonds. The van der Waals surface area contributed by atoms with Gasteiger partial charge in [0.05, 0.1) is 24.5 Å². The zero-order valence-electron chi connectivity index (χ0n) is 19.3. The third kappa shape index (κ3) is 4.64. The summed E-state index contributed by atoms with van der Waals surface area (Å²) in [6, 6.07) is 8.11. The van der Waals surface area contributed by atoms with Crippen LogP contribution in [0.2, 0.25) is 0 Å². The maximum atomic E-state index is 13.5. The van der Waals surface area contributed by atoms with Crippen LogP contribution in [0.4, 0.5) is 16.2 Å². The lowest BCUT2D eigenvalue weighted by Crippen LogP contribution is -2.38. The molecular formula is C23H26FN7O2S. The minimum Gasteiger partial charge on any atom is -0.378 e. The monoisotopic (exact) mass is 483 g/mol. The van der Waals surface area contributed by atoms with E-state index in [9.17, 15) is 14.4 Å². The molecule has 0 unspecified atom stereocenters. The topological polar surface area (TPSA) is 101 Å². The third-order valence-electron chi connectivity index (χ3n) is 5.81. The van der Waals surface area contributed by atoms with Crippen LogP contribution in [-0.2, 0) is 16.1 Å². The van der Waals surface area contributed by atoms with Gasteiger partial charge in [0.25, 0.3) is 0 Å². The van der Waals surface area contributed by atoms with Crippen LogP contribution in [0.3, 0.4) is 0 Å². The summed E-state index contributed by atoms with van der Waals surface area (Å²) in [5.74, 6) is 0.612. The lowest BCUT2D eigenvalue weighted by Gasteiger charge is -2.27. The Labute approximate surface area is 201 Å². The number of hydrogen-bond acceptors (Lipinski definition) is 7. The Morgan fingerprint density at radius 2 is 1.94 bits per heavy atom. The van der Waals surface area contributed by atoms with Crippen molar-refractivity contribution in [2.45, 2.75) is 32.5 Å². The second kappa shape index (κ2) is 10.3. The normalized spacial score (nSPS) is 13.7. The van der Waals surface area contributed by atoms with E-state index in [2.05, 4.69) is 26.5 Å². The van der Waals surface area contributed by atoms with Gasteiger partial charge >= 0.3 is 0 Å². The molecule has 0 spiro atoms. The lowest BCUT2D eigenvalue weighted by molar-refractivity contribution is -0.113. The first-order valence-electron chi connectivity index (χ1n) is 11.0. The molecular weight excluding hydrogens is 457 g/mol. The number of ether oxygens (including phenoxy) is 1. The summed E-state index contributed by atoms with van der Waals surface area (Å²) in [4.78, 5) is 15.1. The van der Waals surface area contributed by atoms with Gasteiger partial charge in [-0.2, -0.15) is 5.26 Å². The van der Waals surface area contributed by atoms with E-state index in [1.54, 1.807) is 16.7 Å². The van der Waals surface area contributed by atoms with Gasteiger partial charge in [-0.1, -0.05) is 11.8 Å². The highest BCUT2D eigenvalue weighted by atomic mass is 32.2. The Bertz CT molecular complexity index is 1220. The molecule has 0 aliphatic carbocycles. The van der Waals surface area contributed by atoms with Crippen LogP contribution < -0.4 is 10.2 Å². The lowest BCUT2D eigenvalue weighted by atomic mass is 10.2. The molecule has 2 aromatic heterocycles. The van der Waals surface area contributed by atoms with Crippen LogP contribution >= 0.6 is 11.8 Å². The highest BCUT2D eigenvalue weighted by molar-refractivity contribution is 7.99. The molecule has 1 fully saturated rings. The van der Waals surface area contributed by atoms with Crippen molar-refractivity contribution >= 4 is 29.4 Å². The summed E-state index contributed by atoms with van der Waals surface area (Å²) >= 11 is 1.29. The third-order valence-corrected chi connectivity index (χ3v) is 6.77. The Morgan fingerprint density at radius 1 is 1.24 bits per heavy atom. The number of halogens is 1. The van der Waals surface area contributed by atoms with E-state index in [0.717, 1.165) is 30.3 Å². The average molecular weight is 484 g/mol. The summed E-state index contributed by atoms with van der Waals surface area (Å²) < 4.78 is 22.6. The van der Waals surface area contributed by atoms with Gasteiger partial charge < -0.3 is 15.0 Å². The zero-order valence-corrected chi connectivity index (χ0v) is 20.2. The number of thioether (sulfide) groups is 1. The quantitative estimate of drug-likeness (QED) is 0.515. The second-order valence-corrected chi connectivity index (χ2v) is 8.76. The summed E-state index contributed by atoms with van der Waals surface area (Å²) in [7, 11) is 0. The van der Waals surface area contributed by atoms with Gasteiger partial charge in [-0.15, -0.1) is 10.2 Å². The molecule has 0 atom stereocenters. The standard InChI is InChI=1S/C23H26FN7O2S/c1-4-30-22(29-9-11-33-12-10-29)27-28-23(30)34-14-20(32)26-21-19(13-25)15(2)16(3)31(21)18-7-5-17(24)6-8-18/h5-8H,4,9-12,14H2,1-3H3,(H,26,32). The molecule has 1 N–H and O–H groups in total. The highest BCUT2D eigenvalue weighted by Gasteiger charge is 2.23. The predicted molar refractivity (Wildman–Crippen MR) is 128 cm³/mol. The van der Waals surface area contributed by atoms with Gasteiger partial charge in [0, 0.05) is 31.0 Å². The van der Waals surface area contributed by atoms with E-state index >= 15 is 0 Å². The highest BCUT2D eigenvalue weighted by Crippen LogP contribution is 2.30. The second-order valence-electron chi connectivity index (χ2n) is 7.82. The van der Waals surface area contributed by atoms with Gasteiger partial charge in [0.2, 0.25) is 11.9 Å². The van der Waals surface area contributed by atoms with E-state index in [1.165, 1.54) is 23.9 Å². The number of amides is 1. The van der Waals surface area contributed by atoms with E-state index in [-0.39, 0.29) is 17.5 Å². The number of nitrogens with zero attached hydrogens (tertiary/aromatic N) is 6.